The molecule has 0 saturated carbocycles. The molecule has 2 atom stereocenters. The maximum absolute atomic E-state index is 13.0. The van der Waals surface area contributed by atoms with Gasteiger partial charge in [-0.25, -0.2) is 4.98 Å². The lowest BCUT2D eigenvalue weighted by atomic mass is 10.0. The predicted molar refractivity (Wildman–Crippen MR) is 147 cm³/mol. The Balaban J connectivity index is 1.47. The van der Waals surface area contributed by atoms with Crippen LogP contribution in [0.25, 0.3) is 0 Å². The number of hydrogen-bond donors (Lipinski definition) is 6. The first-order chi connectivity index (χ1) is 18.7. The minimum absolute atomic E-state index is 0.0517. The summed E-state index contributed by atoms with van der Waals surface area (Å²) < 4.78 is 0. The normalized spacial score (nSPS) is 18.8. The molecule has 4 rings (SSSR count). The number of nitrogens with two attached hydrogens (primary N) is 3. The summed E-state index contributed by atoms with van der Waals surface area (Å²) in [6.07, 6.45) is 3.32. The van der Waals surface area contributed by atoms with Crippen molar-refractivity contribution < 1.29 is 29.7 Å². The van der Waals surface area contributed by atoms with Crippen molar-refractivity contribution in [3.05, 3.63) is 45.7 Å². The zero-order valence-corrected chi connectivity index (χ0v) is 23.3. The highest BCUT2D eigenvalue weighted by Gasteiger charge is 2.53. The van der Waals surface area contributed by atoms with Crippen LogP contribution in [-0.2, 0) is 20.1 Å². The lowest BCUT2D eigenvalue weighted by molar-refractivity contribution is -0.453. The molecule has 0 radical (unpaired) electrons. The molecule has 1 fully saturated rings. The van der Waals surface area contributed by atoms with Gasteiger partial charge in [-0.3, -0.25) is 35.9 Å². The third-order valence-electron chi connectivity index (χ3n) is 5.42. The number of anilines is 1. The predicted octanol–water partition coefficient (Wildman–Crippen LogP) is -2.96. The van der Waals surface area contributed by atoms with Crippen LogP contribution < -0.4 is 32.6 Å². The number of pyridine rings is 1. The van der Waals surface area contributed by atoms with Gasteiger partial charge in [0.25, 0.3) is 11.8 Å². The molecule has 4 heterocycles. The lowest BCUT2D eigenvalue weighted by Gasteiger charge is -2.50. The maximum atomic E-state index is 13.0. The number of fused-ring (bicyclic) bond motifs is 1. The molecule has 2 amide bonds. The van der Waals surface area contributed by atoms with Gasteiger partial charge in [0.15, 0.2) is 10.8 Å². The van der Waals surface area contributed by atoms with Crippen molar-refractivity contribution in [1.82, 2.24) is 20.2 Å². The summed E-state index contributed by atoms with van der Waals surface area (Å²) in [5.74, 6) is -1.20. The summed E-state index contributed by atoms with van der Waals surface area (Å²) in [6.45, 7) is 0.589. The smallest absolute Gasteiger partial charge is 0.338 e. The van der Waals surface area contributed by atoms with E-state index in [0.29, 0.717) is 17.2 Å². The van der Waals surface area contributed by atoms with Crippen molar-refractivity contribution in [2.45, 2.75) is 22.1 Å². The summed E-state index contributed by atoms with van der Waals surface area (Å²) in [5.41, 5.74) is 16.7. The van der Waals surface area contributed by atoms with E-state index < -0.39 is 34.9 Å². The number of rotatable bonds is 11. The molecule has 2 aliphatic rings. The third-order valence-corrected chi connectivity index (χ3v) is 9.76. The van der Waals surface area contributed by atoms with Crippen molar-refractivity contribution in [3.63, 3.8) is 0 Å². The van der Waals surface area contributed by atoms with Gasteiger partial charge in [0.05, 0.1) is 18.2 Å². The first kappa shape index (κ1) is 28.5. The second-order valence-electron chi connectivity index (χ2n) is 7.96. The van der Waals surface area contributed by atoms with Crippen LogP contribution in [0.4, 0.5) is 5.13 Å². The number of aliphatic carboxylic acids is 1. The summed E-state index contributed by atoms with van der Waals surface area (Å²) in [5, 5.41) is 27.9. The Kier molecular flexibility index (Phi) is 9.20. The van der Waals surface area contributed by atoms with Crippen LogP contribution in [-0.4, -0.2) is 79.0 Å². The molecule has 1 saturated heterocycles. The van der Waals surface area contributed by atoms with Gasteiger partial charge in [0.1, 0.15) is 17.1 Å². The largest absolute Gasteiger partial charge is 0.543 e. The number of nitrogen functional groups attached to an aromatic ring is 1. The molecule has 0 aliphatic carbocycles. The Morgan fingerprint density at radius 3 is 2.85 bits per heavy atom. The number of carbonyl (C=O) groups is 3. The average Bonchev–Trinajstić information content (AvgIpc) is 3.33. The van der Waals surface area contributed by atoms with E-state index in [4.69, 9.17) is 17.2 Å². The molecule has 0 bridgehead atoms. The van der Waals surface area contributed by atoms with Gasteiger partial charge in [-0.1, -0.05) is 16.9 Å². The Bertz CT molecular complexity index is 1380. The summed E-state index contributed by atoms with van der Waals surface area (Å²) in [7, 11) is 0. The molecule has 2 aromatic rings. The first-order valence-corrected chi connectivity index (χ1v) is 15.0. The number of oxime groups is 1. The van der Waals surface area contributed by atoms with E-state index >= 15 is 0 Å². The number of thiazole rings is 1. The van der Waals surface area contributed by atoms with Crippen molar-refractivity contribution in [1.29, 1.82) is 0 Å². The number of guanidine groups is 1. The zero-order chi connectivity index (χ0) is 28.1. The minimum atomic E-state index is -1.50. The molecule has 206 valence electrons. The van der Waals surface area contributed by atoms with E-state index in [0.717, 1.165) is 32.4 Å². The Morgan fingerprint density at radius 1 is 1.38 bits per heavy atom. The van der Waals surface area contributed by atoms with Gasteiger partial charge in [0.2, 0.25) is 0 Å². The molecule has 18 heteroatoms. The number of hydrogen-bond acceptors (Lipinski definition) is 13. The molecule has 0 spiro atoms. The maximum Gasteiger partial charge on any atom is 0.338 e. The first-order valence-electron chi connectivity index (χ1n) is 11.1. The number of amides is 2. The standard InChI is InChI=1S/C21H23N9O5S4/c22-20(23)26-3-4-36-6-9-5-25-2-1-11(9)39-12-8-37-18-14(17(32)30(18)15(12)19(33)34)28-16(31)13(29-35)10-7-38-21(24)27-10/h1-2,5,7,14,18,35H,3-4,6,8H2,(H2,24,27)(H,28,31)(H,33,34)(H4,22,23,26)/b29-13-/t14-,18-/m1/s1. The van der Waals surface area contributed by atoms with Crippen LogP contribution in [0.1, 0.15) is 11.3 Å². The van der Waals surface area contributed by atoms with E-state index in [1.54, 1.807) is 30.2 Å². The van der Waals surface area contributed by atoms with Crippen LogP contribution in [0.2, 0.25) is 0 Å². The molecule has 14 nitrogen and oxygen atoms in total. The third kappa shape index (κ3) is 6.40. The van der Waals surface area contributed by atoms with Crippen LogP contribution in [0.5, 0.6) is 0 Å². The molecule has 0 unspecified atom stereocenters. The zero-order valence-electron chi connectivity index (χ0n) is 20.0. The fraction of sp³-hybridized carbons (Fsp3) is 0.286. The molecule has 39 heavy (non-hydrogen) atoms. The van der Waals surface area contributed by atoms with Gasteiger partial charge >= 0.3 is 5.96 Å². The monoisotopic (exact) mass is 609 g/mol. The molecule has 2 aliphatic heterocycles. The second kappa shape index (κ2) is 12.6. The summed E-state index contributed by atoms with van der Waals surface area (Å²) >= 11 is 5.20. The number of carbonyl (C=O) groups excluding carboxylic acids is 3. The summed E-state index contributed by atoms with van der Waals surface area (Å²) in [4.78, 5) is 51.1. The van der Waals surface area contributed by atoms with Gasteiger partial charge < -0.3 is 26.2 Å². The van der Waals surface area contributed by atoms with Gasteiger partial charge in [0, 0.05) is 44.8 Å². The highest BCUT2D eigenvalue weighted by Crippen LogP contribution is 2.45. The highest BCUT2D eigenvalue weighted by atomic mass is 32.2. The number of carboxylic acid groups (broad SMARTS) is 1. The highest BCUT2D eigenvalue weighted by molar-refractivity contribution is 8.06. The Hall–Kier alpha value is -3.48. The van der Waals surface area contributed by atoms with Crippen LogP contribution >= 0.6 is 46.6 Å². The molecular formula is C21H23N9O5S4. The molecular weight excluding hydrogens is 587 g/mol. The number of thioether (sulfide) groups is 3. The molecule has 2 aromatic heterocycles. The fourth-order valence-electron chi connectivity index (χ4n) is 3.68. The van der Waals surface area contributed by atoms with E-state index in [1.807, 2.05) is 0 Å². The Labute approximate surface area is 238 Å². The van der Waals surface area contributed by atoms with Crippen molar-refractivity contribution in [3.8, 4) is 0 Å². The number of nitrogens with one attached hydrogen (secondary N) is 2. The van der Waals surface area contributed by atoms with Crippen LogP contribution in [0.3, 0.4) is 0 Å². The Morgan fingerprint density at radius 2 is 2.18 bits per heavy atom. The van der Waals surface area contributed by atoms with E-state index in [9.17, 15) is 24.7 Å². The summed E-state index contributed by atoms with van der Waals surface area (Å²) in [6, 6.07) is 0.751. The van der Waals surface area contributed by atoms with E-state index in [-0.39, 0.29) is 28.2 Å². The van der Waals surface area contributed by atoms with Crippen LogP contribution in [0, 0.1) is 0 Å². The van der Waals surface area contributed by atoms with E-state index in [2.05, 4.69) is 25.4 Å². The number of carboxylic acids is 1. The van der Waals surface area contributed by atoms with Crippen molar-refractivity contribution in [2.75, 3.05) is 23.8 Å². The van der Waals surface area contributed by atoms with Crippen molar-refractivity contribution >= 4 is 81.2 Å². The van der Waals surface area contributed by atoms with E-state index in [1.165, 1.54) is 28.9 Å². The second-order valence-corrected chi connectivity index (χ2v) is 12.2. The molecule has 0 aromatic carbocycles. The topological polar surface area (TPSA) is 240 Å². The van der Waals surface area contributed by atoms with Gasteiger partial charge in [-0.2, -0.15) is 11.8 Å². The fourth-order valence-corrected chi connectivity index (χ4v) is 7.73. The quantitative estimate of drug-likeness (QED) is 0.0373. The minimum Gasteiger partial charge on any atom is -0.543 e. The van der Waals surface area contributed by atoms with Crippen molar-refractivity contribution in [2.24, 2.45) is 16.6 Å². The van der Waals surface area contributed by atoms with Crippen LogP contribution in [0.15, 0.2) is 44.5 Å². The van der Waals surface area contributed by atoms with Gasteiger partial charge in [-0.15, -0.1) is 23.1 Å². The average molecular weight is 610 g/mol. The van der Waals surface area contributed by atoms with Gasteiger partial charge in [-0.05, 0) is 11.6 Å². The molecule has 9 N–H and O–H groups in total. The SMILES string of the molecule is NC(N)=[NH+]CCSCc1cnccc1SC1=C(C(=O)[O-])N2C(=O)[C@@H](NC(=O)/C(=N\O)c3csc(N)n3)[C@H]2SC1. The lowest BCUT2D eigenvalue weighted by Crippen LogP contribution is -2.78. The number of nitrogens with zero attached hydrogens (tertiary/aromatic N) is 4. The number of β-lactam (4-membered cyclic amide) rings is 1. The number of aromatic nitrogens is 2.